The molecule has 0 radical (unpaired) electrons. The molecule has 2 atom stereocenters. The Hall–Kier alpha value is -4.34. The summed E-state index contributed by atoms with van der Waals surface area (Å²) in [6, 6.07) is 10.7. The van der Waals surface area contributed by atoms with E-state index in [2.05, 4.69) is 16.0 Å². The molecular weight excluding hydrogens is 476 g/mol. The van der Waals surface area contributed by atoms with E-state index in [4.69, 9.17) is 9.15 Å². The molecule has 10 heteroatoms. The van der Waals surface area contributed by atoms with E-state index in [9.17, 15) is 19.2 Å². The van der Waals surface area contributed by atoms with Crippen molar-refractivity contribution in [1.29, 1.82) is 0 Å². The fourth-order valence-corrected chi connectivity index (χ4v) is 5.62. The number of rotatable bonds is 5. The molecule has 4 heterocycles. The number of nitrogens with zero attached hydrogens (tertiary/aromatic N) is 1. The van der Waals surface area contributed by atoms with Gasteiger partial charge in [-0.2, -0.15) is 0 Å². The average Bonchev–Trinajstić information content (AvgIpc) is 3.60. The minimum atomic E-state index is -1.36. The smallest absolute Gasteiger partial charge is 0.315 e. The second kappa shape index (κ2) is 7.83. The number of carbonyl (C=O) groups excluding carboxylic acids is 4. The summed E-state index contributed by atoms with van der Waals surface area (Å²) < 4.78 is 11.5. The molecule has 1 aromatic heterocycles. The molecule has 0 saturated carbocycles. The Bertz CT molecular complexity index is 1530. The number of imide groups is 1. The van der Waals surface area contributed by atoms with Gasteiger partial charge in [0.15, 0.2) is 0 Å². The van der Waals surface area contributed by atoms with Gasteiger partial charge in [0.05, 0.1) is 19.1 Å². The van der Waals surface area contributed by atoms with Crippen LogP contribution in [0.1, 0.15) is 46.2 Å². The van der Waals surface area contributed by atoms with E-state index in [1.54, 1.807) is 23.1 Å². The van der Waals surface area contributed by atoms with Gasteiger partial charge in [-0.05, 0) is 60.9 Å². The van der Waals surface area contributed by atoms with Crippen LogP contribution in [0, 0.1) is 6.92 Å². The second-order valence-electron chi connectivity index (χ2n) is 10.3. The molecule has 6 rings (SSSR count). The van der Waals surface area contributed by atoms with Gasteiger partial charge >= 0.3 is 6.03 Å². The fourth-order valence-electron chi connectivity index (χ4n) is 5.62. The molecule has 10 nitrogen and oxygen atoms in total. The molecule has 2 fully saturated rings. The van der Waals surface area contributed by atoms with Crippen molar-refractivity contribution in [2.24, 2.45) is 0 Å². The highest BCUT2D eigenvalue weighted by molar-refractivity contribution is 6.10. The SMILES string of the molecule is COc1ccc2c(c1)C(=O)N(C[C@@]1(c3cc4cc(C5(C)CNC(=O)N5)cc(C)c4o3)CC(=O)NC1=O)C2. The highest BCUT2D eigenvalue weighted by Gasteiger charge is 2.53. The lowest BCUT2D eigenvalue weighted by atomic mass is 9.82. The van der Waals surface area contributed by atoms with E-state index in [0.29, 0.717) is 35.7 Å². The average molecular weight is 503 g/mol. The Labute approximate surface area is 212 Å². The molecule has 0 aliphatic carbocycles. The lowest BCUT2D eigenvalue weighted by Crippen LogP contribution is -2.46. The highest BCUT2D eigenvalue weighted by atomic mass is 16.5. The van der Waals surface area contributed by atoms with E-state index in [1.807, 2.05) is 32.0 Å². The highest BCUT2D eigenvalue weighted by Crippen LogP contribution is 2.40. The zero-order valence-electron chi connectivity index (χ0n) is 20.7. The predicted molar refractivity (Wildman–Crippen MR) is 132 cm³/mol. The number of urea groups is 1. The van der Waals surface area contributed by atoms with Crippen LogP contribution < -0.4 is 20.7 Å². The number of furan rings is 1. The number of benzene rings is 2. The minimum absolute atomic E-state index is 0.0101. The Morgan fingerprint density at radius 1 is 1.11 bits per heavy atom. The van der Waals surface area contributed by atoms with Gasteiger partial charge in [-0.1, -0.05) is 6.07 Å². The van der Waals surface area contributed by atoms with E-state index in [1.165, 1.54) is 7.11 Å². The fraction of sp³-hybridized carbons (Fsp3) is 0.333. The Morgan fingerprint density at radius 2 is 1.92 bits per heavy atom. The maximum Gasteiger partial charge on any atom is 0.315 e. The zero-order chi connectivity index (χ0) is 26.1. The number of carbonyl (C=O) groups is 4. The first-order valence-electron chi connectivity index (χ1n) is 12.0. The molecule has 5 amide bonds. The number of methoxy groups -OCH3 is 1. The van der Waals surface area contributed by atoms with Crippen LogP contribution in [0.15, 0.2) is 40.8 Å². The normalized spacial score (nSPS) is 24.9. The van der Waals surface area contributed by atoms with E-state index in [0.717, 1.165) is 22.1 Å². The van der Waals surface area contributed by atoms with Crippen LogP contribution in [-0.2, 0) is 27.1 Å². The Kier molecular flexibility index (Phi) is 4.88. The number of amides is 5. The van der Waals surface area contributed by atoms with Crippen molar-refractivity contribution in [1.82, 2.24) is 20.9 Å². The Morgan fingerprint density at radius 3 is 2.59 bits per heavy atom. The standard InChI is InChI=1S/C27H26N4O6/c1-14-6-17(26(2)12-28-25(35)30-26)7-16-8-20(37-22(14)16)27(10-21(32)29-24(27)34)13-31-11-15-4-5-18(36-3)9-19(15)23(31)33/h4-9H,10-13H2,1-3H3,(H2,28,30,35)(H,29,32,34)/t26?,27-/m1/s1. The number of ether oxygens (including phenoxy) is 1. The van der Waals surface area contributed by atoms with Crippen molar-refractivity contribution in [2.45, 2.75) is 37.8 Å². The molecule has 2 aromatic carbocycles. The summed E-state index contributed by atoms with van der Waals surface area (Å²) in [7, 11) is 1.54. The molecule has 3 aliphatic rings. The third-order valence-corrected chi connectivity index (χ3v) is 7.71. The van der Waals surface area contributed by atoms with Crippen molar-refractivity contribution in [2.75, 3.05) is 20.2 Å². The largest absolute Gasteiger partial charge is 0.497 e. The van der Waals surface area contributed by atoms with Crippen molar-refractivity contribution < 1.29 is 28.3 Å². The molecule has 1 unspecified atom stereocenters. The van der Waals surface area contributed by atoms with Gasteiger partial charge in [-0.3, -0.25) is 19.7 Å². The van der Waals surface area contributed by atoms with E-state index < -0.39 is 22.8 Å². The first kappa shape index (κ1) is 23.1. The van der Waals surface area contributed by atoms with Crippen LogP contribution in [0.4, 0.5) is 4.79 Å². The molecule has 3 aromatic rings. The van der Waals surface area contributed by atoms with Crippen LogP contribution in [-0.4, -0.2) is 48.9 Å². The van der Waals surface area contributed by atoms with Crippen LogP contribution in [0.3, 0.4) is 0 Å². The monoisotopic (exact) mass is 502 g/mol. The van der Waals surface area contributed by atoms with Gasteiger partial charge in [-0.25, -0.2) is 4.79 Å². The Balaban J connectivity index is 1.40. The summed E-state index contributed by atoms with van der Waals surface area (Å²) in [5.74, 6) is -0.238. The molecule has 3 aliphatic heterocycles. The van der Waals surface area contributed by atoms with Crippen molar-refractivity contribution in [3.8, 4) is 5.75 Å². The molecule has 0 bridgehead atoms. The third-order valence-electron chi connectivity index (χ3n) is 7.71. The summed E-state index contributed by atoms with van der Waals surface area (Å²) in [5.41, 5.74) is 1.70. The second-order valence-corrected chi connectivity index (χ2v) is 10.3. The van der Waals surface area contributed by atoms with Gasteiger partial charge < -0.3 is 24.7 Å². The molecule has 3 N–H and O–H groups in total. The maximum atomic E-state index is 13.3. The van der Waals surface area contributed by atoms with Crippen LogP contribution in [0.5, 0.6) is 5.75 Å². The topological polar surface area (TPSA) is 130 Å². The van der Waals surface area contributed by atoms with Gasteiger partial charge in [0.25, 0.3) is 5.91 Å². The van der Waals surface area contributed by atoms with Gasteiger partial charge in [0.1, 0.15) is 22.5 Å². The van der Waals surface area contributed by atoms with Crippen LogP contribution >= 0.6 is 0 Å². The summed E-state index contributed by atoms with van der Waals surface area (Å²) in [6.45, 7) is 4.57. The molecular formula is C27H26N4O6. The predicted octanol–water partition coefficient (Wildman–Crippen LogP) is 2.22. The lowest BCUT2D eigenvalue weighted by Gasteiger charge is -2.28. The third kappa shape index (κ3) is 3.46. The molecule has 37 heavy (non-hydrogen) atoms. The van der Waals surface area contributed by atoms with Crippen molar-refractivity contribution in [3.63, 3.8) is 0 Å². The van der Waals surface area contributed by atoms with Crippen LogP contribution in [0.25, 0.3) is 11.0 Å². The molecule has 190 valence electrons. The number of aryl methyl sites for hydroxylation is 1. The first-order valence-corrected chi connectivity index (χ1v) is 12.0. The summed E-state index contributed by atoms with van der Waals surface area (Å²) in [5, 5.41) is 8.90. The quantitative estimate of drug-likeness (QED) is 0.459. The first-order chi connectivity index (χ1) is 17.6. The van der Waals surface area contributed by atoms with Gasteiger partial charge in [-0.15, -0.1) is 0 Å². The van der Waals surface area contributed by atoms with Crippen LogP contribution in [0.2, 0.25) is 0 Å². The minimum Gasteiger partial charge on any atom is -0.497 e. The van der Waals surface area contributed by atoms with Crippen molar-refractivity contribution >= 4 is 34.7 Å². The van der Waals surface area contributed by atoms with E-state index in [-0.39, 0.29) is 24.9 Å². The number of nitrogens with one attached hydrogen (secondary N) is 3. The van der Waals surface area contributed by atoms with Gasteiger partial charge in [0.2, 0.25) is 11.8 Å². The zero-order valence-corrected chi connectivity index (χ0v) is 20.7. The van der Waals surface area contributed by atoms with Gasteiger partial charge in [0, 0.05) is 30.6 Å². The molecule has 0 spiro atoms. The molecule has 2 saturated heterocycles. The lowest BCUT2D eigenvalue weighted by molar-refractivity contribution is -0.127. The summed E-state index contributed by atoms with van der Waals surface area (Å²) in [6.07, 6.45) is -0.126. The summed E-state index contributed by atoms with van der Waals surface area (Å²) >= 11 is 0. The number of fused-ring (bicyclic) bond motifs is 2. The number of hydrogen-bond donors (Lipinski definition) is 3. The van der Waals surface area contributed by atoms with E-state index >= 15 is 0 Å². The maximum absolute atomic E-state index is 13.3. The number of hydrogen-bond acceptors (Lipinski definition) is 6. The van der Waals surface area contributed by atoms with Crippen molar-refractivity contribution in [3.05, 3.63) is 64.4 Å². The summed E-state index contributed by atoms with van der Waals surface area (Å²) in [4.78, 5) is 52.4.